The van der Waals surface area contributed by atoms with Gasteiger partial charge >= 0.3 is 5.97 Å². The second-order valence-corrected chi connectivity index (χ2v) is 5.27. The molecule has 0 saturated carbocycles. The molecule has 1 heterocycles. The van der Waals surface area contributed by atoms with Crippen LogP contribution in [0.4, 0.5) is 5.69 Å². The highest BCUT2D eigenvalue weighted by molar-refractivity contribution is 5.98. The first kappa shape index (κ1) is 15.5. The number of aliphatic hydroxyl groups excluding tert-OH is 1. The van der Waals surface area contributed by atoms with Crippen molar-refractivity contribution in [1.82, 2.24) is 0 Å². The van der Waals surface area contributed by atoms with Gasteiger partial charge in [0, 0.05) is 12.2 Å². The molecule has 0 bridgehead atoms. The largest absolute Gasteiger partial charge is 0.464 e. The van der Waals surface area contributed by atoms with Gasteiger partial charge < -0.3 is 14.7 Å². The number of benzene rings is 1. The molecule has 2 rings (SSSR count). The van der Waals surface area contributed by atoms with E-state index in [1.807, 2.05) is 31.2 Å². The molecule has 1 saturated heterocycles. The van der Waals surface area contributed by atoms with Gasteiger partial charge in [-0.3, -0.25) is 4.79 Å². The Bertz CT molecular complexity index is 512. The van der Waals surface area contributed by atoms with Crippen molar-refractivity contribution < 1.29 is 19.4 Å². The van der Waals surface area contributed by atoms with Gasteiger partial charge in [0.2, 0.25) is 5.91 Å². The number of piperidine rings is 1. The van der Waals surface area contributed by atoms with E-state index in [4.69, 9.17) is 4.74 Å². The molecule has 0 radical (unpaired) electrons. The minimum atomic E-state index is -1.38. The maximum absolute atomic E-state index is 12.5. The van der Waals surface area contributed by atoms with Gasteiger partial charge in [0.05, 0.1) is 12.5 Å². The van der Waals surface area contributed by atoms with Crippen molar-refractivity contribution in [2.24, 2.45) is 5.92 Å². The summed E-state index contributed by atoms with van der Waals surface area (Å²) in [4.78, 5) is 25.8. The predicted octanol–water partition coefficient (Wildman–Crippen LogP) is 1.66. The summed E-state index contributed by atoms with van der Waals surface area (Å²) >= 11 is 0. The molecule has 1 aromatic carbocycles. The Morgan fingerprint density at radius 2 is 2.10 bits per heavy atom. The van der Waals surface area contributed by atoms with Gasteiger partial charge in [-0.15, -0.1) is 0 Å². The summed E-state index contributed by atoms with van der Waals surface area (Å²) < 4.78 is 4.80. The third-order valence-corrected chi connectivity index (χ3v) is 3.73. The molecule has 21 heavy (non-hydrogen) atoms. The number of ether oxygens (including phenoxy) is 1. The van der Waals surface area contributed by atoms with Crippen molar-refractivity contribution in [3.63, 3.8) is 0 Å². The molecule has 1 aliphatic heterocycles. The Kier molecular flexibility index (Phi) is 4.96. The number of anilines is 1. The average Bonchev–Trinajstić information content (AvgIpc) is 2.48. The third kappa shape index (κ3) is 3.42. The van der Waals surface area contributed by atoms with Crippen molar-refractivity contribution in [2.45, 2.75) is 32.8 Å². The number of hydrogen-bond donors (Lipinski definition) is 1. The van der Waals surface area contributed by atoms with E-state index in [1.165, 1.54) is 0 Å². The fourth-order valence-corrected chi connectivity index (χ4v) is 2.57. The van der Waals surface area contributed by atoms with Crippen LogP contribution in [0.1, 0.15) is 25.3 Å². The number of aliphatic hydroxyl groups is 1. The average molecular weight is 291 g/mol. The number of aryl methyl sites for hydroxylation is 1. The van der Waals surface area contributed by atoms with E-state index in [-0.39, 0.29) is 12.5 Å². The van der Waals surface area contributed by atoms with Gasteiger partial charge in [0.15, 0.2) is 6.10 Å². The number of nitrogens with zero attached hydrogens (tertiary/aromatic N) is 1. The SMILES string of the molecule is CCOC(=O)C(O)C1CCCN(c2ccc(C)cc2)C1=O. The highest BCUT2D eigenvalue weighted by atomic mass is 16.5. The molecule has 1 aliphatic rings. The topological polar surface area (TPSA) is 66.8 Å². The van der Waals surface area contributed by atoms with E-state index in [2.05, 4.69) is 0 Å². The van der Waals surface area contributed by atoms with Gasteiger partial charge in [-0.2, -0.15) is 0 Å². The van der Waals surface area contributed by atoms with Crippen molar-refractivity contribution in [1.29, 1.82) is 0 Å². The Morgan fingerprint density at radius 3 is 2.71 bits per heavy atom. The second kappa shape index (κ2) is 6.72. The summed E-state index contributed by atoms with van der Waals surface area (Å²) in [6, 6.07) is 7.64. The third-order valence-electron chi connectivity index (χ3n) is 3.73. The monoisotopic (exact) mass is 291 g/mol. The molecule has 1 fully saturated rings. The number of carbonyl (C=O) groups excluding carboxylic acids is 2. The lowest BCUT2D eigenvalue weighted by molar-refractivity contribution is -0.159. The lowest BCUT2D eigenvalue weighted by Crippen LogP contribution is -2.48. The summed E-state index contributed by atoms with van der Waals surface area (Å²) in [5, 5.41) is 10.0. The van der Waals surface area contributed by atoms with Crippen LogP contribution < -0.4 is 4.90 Å². The van der Waals surface area contributed by atoms with Crippen molar-refractivity contribution in [2.75, 3.05) is 18.1 Å². The Balaban J connectivity index is 2.14. The van der Waals surface area contributed by atoms with E-state index in [0.717, 1.165) is 17.7 Å². The number of carbonyl (C=O) groups is 2. The number of esters is 1. The summed E-state index contributed by atoms with van der Waals surface area (Å²) in [5.41, 5.74) is 1.91. The predicted molar refractivity (Wildman–Crippen MR) is 78.9 cm³/mol. The zero-order valence-electron chi connectivity index (χ0n) is 12.4. The Morgan fingerprint density at radius 1 is 1.43 bits per heavy atom. The summed E-state index contributed by atoms with van der Waals surface area (Å²) in [5.74, 6) is -1.66. The lowest BCUT2D eigenvalue weighted by atomic mass is 9.91. The molecule has 1 N–H and O–H groups in total. The molecule has 2 atom stereocenters. The van der Waals surface area contributed by atoms with E-state index >= 15 is 0 Å². The van der Waals surface area contributed by atoms with Crippen LogP contribution in [0.2, 0.25) is 0 Å². The van der Waals surface area contributed by atoms with Crippen LogP contribution in [0.25, 0.3) is 0 Å². The van der Waals surface area contributed by atoms with Crippen molar-refractivity contribution in [3.8, 4) is 0 Å². The zero-order valence-corrected chi connectivity index (χ0v) is 12.4. The minimum Gasteiger partial charge on any atom is -0.464 e. The lowest BCUT2D eigenvalue weighted by Gasteiger charge is -2.33. The fraction of sp³-hybridized carbons (Fsp3) is 0.500. The van der Waals surface area contributed by atoms with E-state index in [0.29, 0.717) is 13.0 Å². The fourth-order valence-electron chi connectivity index (χ4n) is 2.57. The smallest absolute Gasteiger partial charge is 0.335 e. The van der Waals surface area contributed by atoms with Gasteiger partial charge in [0.1, 0.15) is 0 Å². The number of rotatable bonds is 4. The Hall–Kier alpha value is -1.88. The second-order valence-electron chi connectivity index (χ2n) is 5.27. The molecule has 0 spiro atoms. The van der Waals surface area contributed by atoms with Crippen LogP contribution in [0.15, 0.2) is 24.3 Å². The van der Waals surface area contributed by atoms with Gasteiger partial charge in [-0.05, 0) is 38.8 Å². The van der Waals surface area contributed by atoms with Crippen LogP contribution in [-0.4, -0.2) is 36.2 Å². The normalized spacial score (nSPS) is 20.2. The Labute approximate surface area is 124 Å². The maximum atomic E-state index is 12.5. The molecule has 1 amide bonds. The zero-order chi connectivity index (χ0) is 15.4. The molecule has 0 aliphatic carbocycles. The molecule has 2 unspecified atom stereocenters. The highest BCUT2D eigenvalue weighted by Gasteiger charge is 2.38. The van der Waals surface area contributed by atoms with E-state index < -0.39 is 18.0 Å². The maximum Gasteiger partial charge on any atom is 0.335 e. The molecule has 5 nitrogen and oxygen atoms in total. The van der Waals surface area contributed by atoms with Crippen LogP contribution >= 0.6 is 0 Å². The molecule has 0 aromatic heterocycles. The quantitative estimate of drug-likeness (QED) is 0.857. The highest BCUT2D eigenvalue weighted by Crippen LogP contribution is 2.27. The standard InChI is InChI=1S/C16H21NO4/c1-3-21-16(20)14(18)13-5-4-10-17(15(13)19)12-8-6-11(2)7-9-12/h6-9,13-14,18H,3-5,10H2,1-2H3. The van der Waals surface area contributed by atoms with Crippen molar-refractivity contribution >= 4 is 17.6 Å². The molecular formula is C16H21NO4. The molecular weight excluding hydrogens is 270 g/mol. The van der Waals surface area contributed by atoms with Crippen LogP contribution in [0.3, 0.4) is 0 Å². The van der Waals surface area contributed by atoms with Gasteiger partial charge in [-0.25, -0.2) is 4.79 Å². The number of amides is 1. The minimum absolute atomic E-state index is 0.193. The first-order valence-electron chi connectivity index (χ1n) is 7.27. The van der Waals surface area contributed by atoms with Gasteiger partial charge in [0.25, 0.3) is 0 Å². The van der Waals surface area contributed by atoms with Crippen LogP contribution in [-0.2, 0) is 14.3 Å². The van der Waals surface area contributed by atoms with Gasteiger partial charge in [-0.1, -0.05) is 17.7 Å². The first-order chi connectivity index (χ1) is 10.0. The summed E-state index contributed by atoms with van der Waals surface area (Å²) in [6.45, 7) is 4.45. The molecule has 1 aromatic rings. The van der Waals surface area contributed by atoms with Crippen LogP contribution in [0.5, 0.6) is 0 Å². The summed E-state index contributed by atoms with van der Waals surface area (Å²) in [6.07, 6.45) is -0.132. The first-order valence-corrected chi connectivity index (χ1v) is 7.27. The van der Waals surface area contributed by atoms with Crippen molar-refractivity contribution in [3.05, 3.63) is 29.8 Å². The van der Waals surface area contributed by atoms with E-state index in [1.54, 1.807) is 11.8 Å². The number of hydrogen-bond acceptors (Lipinski definition) is 4. The van der Waals surface area contributed by atoms with Crippen LogP contribution in [0, 0.1) is 12.8 Å². The summed E-state index contributed by atoms with van der Waals surface area (Å²) in [7, 11) is 0. The molecule has 114 valence electrons. The van der Waals surface area contributed by atoms with E-state index in [9.17, 15) is 14.7 Å². The molecule has 5 heteroatoms.